The summed E-state index contributed by atoms with van der Waals surface area (Å²) >= 11 is 0. The highest BCUT2D eigenvalue weighted by molar-refractivity contribution is 5.89. The van der Waals surface area contributed by atoms with Crippen LogP contribution >= 0.6 is 0 Å². The number of aromatic nitrogens is 2. The van der Waals surface area contributed by atoms with Crippen LogP contribution in [0.15, 0.2) is 24.5 Å². The first-order valence-corrected chi connectivity index (χ1v) is 6.44. The molecule has 0 atom stereocenters. The average molecular weight is 342 g/mol. The van der Waals surface area contributed by atoms with Gasteiger partial charge in [-0.25, -0.2) is 31.7 Å². The van der Waals surface area contributed by atoms with Crippen molar-refractivity contribution in [2.24, 2.45) is 0 Å². The van der Waals surface area contributed by atoms with Gasteiger partial charge in [0.15, 0.2) is 23.3 Å². The molecule has 0 aliphatic heterocycles. The van der Waals surface area contributed by atoms with Gasteiger partial charge in [-0.2, -0.15) is 0 Å². The van der Waals surface area contributed by atoms with Gasteiger partial charge in [-0.15, -0.1) is 0 Å². The van der Waals surface area contributed by atoms with Crippen LogP contribution in [0.2, 0.25) is 0 Å². The summed E-state index contributed by atoms with van der Waals surface area (Å²) in [6.45, 7) is 0. The molecule has 0 radical (unpaired) electrons. The number of pyridine rings is 1. The van der Waals surface area contributed by atoms with Crippen LogP contribution in [-0.4, -0.2) is 22.5 Å². The first-order chi connectivity index (χ1) is 11.3. The van der Waals surface area contributed by atoms with Crippen molar-refractivity contribution in [2.45, 2.75) is 0 Å². The van der Waals surface area contributed by atoms with E-state index in [4.69, 9.17) is 0 Å². The van der Waals surface area contributed by atoms with E-state index >= 15 is 0 Å². The smallest absolute Gasteiger partial charge is 0.339 e. The van der Waals surface area contributed by atoms with E-state index < -0.39 is 46.3 Å². The third kappa shape index (κ3) is 2.29. The van der Waals surface area contributed by atoms with Crippen molar-refractivity contribution in [1.29, 1.82) is 0 Å². The highest BCUT2D eigenvalue weighted by Crippen LogP contribution is 2.31. The number of carbonyl (C=O) groups is 1. The zero-order valence-corrected chi connectivity index (χ0v) is 11.9. The summed E-state index contributed by atoms with van der Waals surface area (Å²) in [5.41, 5.74) is -1.35. The molecule has 0 aliphatic rings. The van der Waals surface area contributed by atoms with Gasteiger partial charge in [0.25, 0.3) is 0 Å². The third-order valence-electron chi connectivity index (χ3n) is 3.34. The van der Waals surface area contributed by atoms with Gasteiger partial charge in [-0.05, 0) is 12.1 Å². The minimum atomic E-state index is -2.24. The predicted octanol–water partition coefficient (Wildman–Crippen LogP) is 3.48. The molecule has 24 heavy (non-hydrogen) atoms. The van der Waals surface area contributed by atoms with Gasteiger partial charge in [0.05, 0.1) is 23.9 Å². The Morgan fingerprint density at radius 3 is 2.12 bits per heavy atom. The Morgan fingerprint density at radius 2 is 1.54 bits per heavy atom. The number of hydrogen-bond acceptors (Lipinski definition) is 3. The van der Waals surface area contributed by atoms with Gasteiger partial charge in [0, 0.05) is 12.4 Å². The highest BCUT2D eigenvalue weighted by atomic mass is 19.2. The lowest BCUT2D eigenvalue weighted by Gasteiger charge is -2.05. The van der Waals surface area contributed by atoms with Crippen molar-refractivity contribution in [1.82, 2.24) is 9.38 Å². The molecule has 0 bridgehead atoms. The first-order valence-electron chi connectivity index (χ1n) is 6.44. The summed E-state index contributed by atoms with van der Waals surface area (Å²) in [6.07, 6.45) is 2.30. The second-order valence-corrected chi connectivity index (χ2v) is 4.75. The number of methoxy groups -OCH3 is 1. The van der Waals surface area contributed by atoms with Crippen LogP contribution < -0.4 is 0 Å². The SMILES string of the molecule is COC(=O)c1ccc2nc(-c3c(F)c(F)c(F)c(F)c3F)cn2c1. The third-order valence-corrected chi connectivity index (χ3v) is 3.34. The summed E-state index contributed by atoms with van der Waals surface area (Å²) < 4.78 is 73.1. The number of hydrogen-bond donors (Lipinski definition) is 0. The fourth-order valence-corrected chi connectivity index (χ4v) is 2.18. The fraction of sp³-hybridized carbons (Fsp3) is 0.0667. The number of rotatable bonds is 2. The van der Waals surface area contributed by atoms with E-state index in [0.29, 0.717) is 0 Å². The summed E-state index contributed by atoms with van der Waals surface area (Å²) in [5.74, 6) is -11.0. The number of esters is 1. The van der Waals surface area contributed by atoms with Crippen molar-refractivity contribution in [3.63, 3.8) is 0 Å². The molecule has 0 saturated carbocycles. The van der Waals surface area contributed by atoms with Gasteiger partial charge < -0.3 is 9.14 Å². The molecule has 2 heterocycles. The molecule has 0 saturated heterocycles. The van der Waals surface area contributed by atoms with Gasteiger partial charge in [0.2, 0.25) is 5.82 Å². The number of ether oxygens (including phenoxy) is 1. The topological polar surface area (TPSA) is 43.6 Å². The van der Waals surface area contributed by atoms with E-state index in [1.54, 1.807) is 0 Å². The standard InChI is InChI=1S/C15H7F5N2O2/c1-24-15(23)6-2-3-8-21-7(5-22(8)4-6)9-10(16)12(18)14(20)13(19)11(9)17/h2-5H,1H3. The van der Waals surface area contributed by atoms with E-state index in [9.17, 15) is 26.7 Å². The van der Waals surface area contributed by atoms with Crippen molar-refractivity contribution in [3.05, 3.63) is 59.2 Å². The van der Waals surface area contributed by atoms with Gasteiger partial charge in [-0.3, -0.25) is 0 Å². The average Bonchev–Trinajstić information content (AvgIpc) is 3.00. The number of nitrogens with zero attached hydrogens (tertiary/aromatic N) is 2. The first kappa shape index (κ1) is 15.9. The second kappa shape index (κ2) is 5.59. The summed E-state index contributed by atoms with van der Waals surface area (Å²) in [5, 5.41) is 0. The quantitative estimate of drug-likeness (QED) is 0.310. The molecule has 0 spiro atoms. The van der Waals surface area contributed by atoms with Gasteiger partial charge in [-0.1, -0.05) is 0 Å². The Morgan fingerprint density at radius 1 is 0.958 bits per heavy atom. The number of carbonyl (C=O) groups excluding carboxylic acids is 1. The highest BCUT2D eigenvalue weighted by Gasteiger charge is 2.28. The summed E-state index contributed by atoms with van der Waals surface area (Å²) in [4.78, 5) is 15.3. The predicted molar refractivity (Wildman–Crippen MR) is 71.8 cm³/mol. The minimum absolute atomic E-state index is 0.117. The molecule has 0 fully saturated rings. The van der Waals surface area contributed by atoms with Crippen LogP contribution in [-0.2, 0) is 4.74 Å². The molecule has 4 nitrogen and oxygen atoms in total. The lowest BCUT2D eigenvalue weighted by molar-refractivity contribution is 0.0600. The Hall–Kier alpha value is -2.97. The van der Waals surface area contributed by atoms with Crippen LogP contribution in [0.4, 0.5) is 22.0 Å². The largest absolute Gasteiger partial charge is 0.465 e. The van der Waals surface area contributed by atoms with Gasteiger partial charge in [0.1, 0.15) is 5.65 Å². The van der Waals surface area contributed by atoms with Gasteiger partial charge >= 0.3 is 5.97 Å². The molecule has 3 rings (SSSR count). The minimum Gasteiger partial charge on any atom is -0.465 e. The lowest BCUT2D eigenvalue weighted by Crippen LogP contribution is -2.04. The molecule has 0 N–H and O–H groups in total. The Kier molecular flexibility index (Phi) is 3.70. The monoisotopic (exact) mass is 342 g/mol. The molecule has 2 aromatic heterocycles. The normalized spacial score (nSPS) is 11.1. The van der Waals surface area contributed by atoms with Crippen molar-refractivity contribution in [2.75, 3.05) is 7.11 Å². The van der Waals surface area contributed by atoms with E-state index in [2.05, 4.69) is 9.72 Å². The Balaban J connectivity index is 2.23. The zero-order chi connectivity index (χ0) is 17.6. The van der Waals surface area contributed by atoms with Crippen LogP contribution in [0.25, 0.3) is 16.9 Å². The number of halogens is 5. The Bertz CT molecular complexity index is 955. The van der Waals surface area contributed by atoms with Crippen LogP contribution in [0.3, 0.4) is 0 Å². The number of fused-ring (bicyclic) bond motifs is 1. The molecule has 0 amide bonds. The molecule has 0 aliphatic carbocycles. The number of benzene rings is 1. The molecule has 0 unspecified atom stereocenters. The van der Waals surface area contributed by atoms with E-state index in [1.807, 2.05) is 0 Å². The summed E-state index contributed by atoms with van der Waals surface area (Å²) in [7, 11) is 1.17. The molecule has 9 heteroatoms. The van der Waals surface area contributed by atoms with Crippen molar-refractivity contribution < 1.29 is 31.5 Å². The van der Waals surface area contributed by atoms with E-state index in [1.165, 1.54) is 29.8 Å². The van der Waals surface area contributed by atoms with Crippen molar-refractivity contribution in [3.8, 4) is 11.3 Å². The summed E-state index contributed by atoms with van der Waals surface area (Å²) in [6, 6.07) is 2.68. The lowest BCUT2D eigenvalue weighted by atomic mass is 10.1. The second-order valence-electron chi connectivity index (χ2n) is 4.75. The van der Waals surface area contributed by atoms with Crippen LogP contribution in [0.5, 0.6) is 0 Å². The van der Waals surface area contributed by atoms with E-state index in [-0.39, 0.29) is 11.2 Å². The molecular formula is C15H7F5N2O2. The molecular weight excluding hydrogens is 335 g/mol. The number of imidazole rings is 1. The molecule has 124 valence electrons. The maximum atomic E-state index is 13.8. The maximum absolute atomic E-state index is 13.8. The van der Waals surface area contributed by atoms with Crippen LogP contribution in [0.1, 0.15) is 10.4 Å². The molecule has 3 aromatic rings. The Labute approximate surface area is 131 Å². The maximum Gasteiger partial charge on any atom is 0.339 e. The van der Waals surface area contributed by atoms with Crippen molar-refractivity contribution >= 4 is 11.6 Å². The molecule has 1 aromatic carbocycles. The zero-order valence-electron chi connectivity index (χ0n) is 11.9. The fourth-order valence-electron chi connectivity index (χ4n) is 2.18. The van der Waals surface area contributed by atoms with Crippen LogP contribution in [0, 0.1) is 29.1 Å². The van der Waals surface area contributed by atoms with E-state index in [0.717, 1.165) is 6.20 Å².